The first kappa shape index (κ1) is 14.1. The summed E-state index contributed by atoms with van der Waals surface area (Å²) in [5.74, 6) is 0. The van der Waals surface area contributed by atoms with Crippen LogP contribution in [0.2, 0.25) is 0 Å². The van der Waals surface area contributed by atoms with E-state index in [9.17, 15) is 5.11 Å². The van der Waals surface area contributed by atoms with Crippen LogP contribution in [0.4, 0.5) is 5.69 Å². The number of nitrogens with zero attached hydrogens (tertiary/aromatic N) is 2. The monoisotopic (exact) mass is 312 g/mol. The number of para-hydroxylation sites is 1. The van der Waals surface area contributed by atoms with Crippen LogP contribution in [-0.2, 0) is 10.3 Å². The molecule has 0 aromatic heterocycles. The Balaban J connectivity index is 1.54. The molecule has 1 aromatic rings. The zero-order valence-electron chi connectivity index (χ0n) is 13.7. The second-order valence-electron chi connectivity index (χ2n) is 7.73. The van der Waals surface area contributed by atoms with Crippen molar-refractivity contribution in [3.8, 4) is 0 Å². The number of epoxide rings is 1. The highest BCUT2D eigenvalue weighted by Gasteiger charge is 2.59. The quantitative estimate of drug-likeness (QED) is 0.811. The average molecular weight is 312 g/mol. The number of fused-ring (bicyclic) bond motifs is 7. The Morgan fingerprint density at radius 1 is 1.35 bits per heavy atom. The van der Waals surface area contributed by atoms with Crippen molar-refractivity contribution in [2.75, 3.05) is 19.6 Å². The smallest absolute Gasteiger partial charge is 0.131 e. The first-order valence-electron chi connectivity index (χ1n) is 8.92. The van der Waals surface area contributed by atoms with Crippen molar-refractivity contribution in [2.24, 2.45) is 10.4 Å². The van der Waals surface area contributed by atoms with Gasteiger partial charge in [0.1, 0.15) is 5.60 Å². The minimum absolute atomic E-state index is 0.242. The van der Waals surface area contributed by atoms with Crippen LogP contribution in [0.25, 0.3) is 0 Å². The van der Waals surface area contributed by atoms with Crippen LogP contribution in [0.5, 0.6) is 0 Å². The molecule has 4 aliphatic heterocycles. The van der Waals surface area contributed by atoms with Gasteiger partial charge in [0.25, 0.3) is 0 Å². The number of hydrogen-bond acceptors (Lipinski definition) is 4. The van der Waals surface area contributed by atoms with Crippen LogP contribution in [0, 0.1) is 5.41 Å². The lowest BCUT2D eigenvalue weighted by molar-refractivity contribution is 0.0679. The molecule has 1 unspecified atom stereocenters. The third kappa shape index (κ3) is 1.92. The summed E-state index contributed by atoms with van der Waals surface area (Å²) in [4.78, 5) is 7.33. The summed E-state index contributed by atoms with van der Waals surface area (Å²) in [5, 5.41) is 11.5. The summed E-state index contributed by atoms with van der Waals surface area (Å²) in [6, 6.07) is 8.08. The second-order valence-corrected chi connectivity index (χ2v) is 7.73. The van der Waals surface area contributed by atoms with E-state index in [1.54, 1.807) is 0 Å². The maximum Gasteiger partial charge on any atom is 0.131 e. The third-order valence-corrected chi connectivity index (χ3v) is 6.60. The van der Waals surface area contributed by atoms with E-state index in [1.807, 2.05) is 24.3 Å². The van der Waals surface area contributed by atoms with E-state index in [0.717, 1.165) is 62.3 Å². The molecular weight excluding hydrogens is 288 g/mol. The van der Waals surface area contributed by atoms with E-state index in [0.29, 0.717) is 12.2 Å². The molecule has 1 aromatic carbocycles. The van der Waals surface area contributed by atoms with Gasteiger partial charge in [-0.1, -0.05) is 25.1 Å². The van der Waals surface area contributed by atoms with Gasteiger partial charge in [-0.05, 0) is 31.7 Å². The number of benzene rings is 1. The lowest BCUT2D eigenvalue weighted by Gasteiger charge is -2.39. The lowest BCUT2D eigenvalue weighted by Crippen LogP contribution is -2.48. The molecule has 5 atom stereocenters. The second kappa shape index (κ2) is 4.65. The first-order chi connectivity index (χ1) is 11.1. The van der Waals surface area contributed by atoms with Crippen LogP contribution >= 0.6 is 0 Å². The van der Waals surface area contributed by atoms with E-state index >= 15 is 0 Å². The Labute approximate surface area is 137 Å². The average Bonchev–Trinajstić information content (AvgIpc) is 3.29. The van der Waals surface area contributed by atoms with Crippen LogP contribution in [-0.4, -0.2) is 47.6 Å². The molecule has 5 rings (SSSR count). The number of piperidine rings is 1. The van der Waals surface area contributed by atoms with E-state index in [2.05, 4.69) is 11.8 Å². The highest BCUT2D eigenvalue weighted by molar-refractivity contribution is 6.00. The molecule has 0 aliphatic carbocycles. The number of aliphatic hydroxyl groups is 1. The molecule has 4 heterocycles. The zero-order chi connectivity index (χ0) is 15.7. The Kier molecular flexibility index (Phi) is 2.86. The maximum absolute atomic E-state index is 11.5. The minimum atomic E-state index is -0.867. The van der Waals surface area contributed by atoms with Crippen LogP contribution < -0.4 is 0 Å². The van der Waals surface area contributed by atoms with Crippen molar-refractivity contribution in [1.82, 2.24) is 4.90 Å². The van der Waals surface area contributed by atoms with Gasteiger partial charge in [0, 0.05) is 30.6 Å². The number of aliphatic imine (C=N–C) groups is 1. The summed E-state index contributed by atoms with van der Waals surface area (Å²) in [5.41, 5.74) is 2.30. The molecular formula is C19H24N2O2. The maximum atomic E-state index is 11.5. The van der Waals surface area contributed by atoms with Gasteiger partial charge in [-0.2, -0.15) is 0 Å². The normalized spacial score (nSPS) is 44.1. The minimum Gasteiger partial charge on any atom is -0.379 e. The van der Waals surface area contributed by atoms with Crippen LogP contribution in [0.3, 0.4) is 0 Å². The zero-order valence-corrected chi connectivity index (χ0v) is 13.7. The highest BCUT2D eigenvalue weighted by atomic mass is 16.6. The van der Waals surface area contributed by atoms with Gasteiger partial charge < -0.3 is 9.84 Å². The molecule has 3 fully saturated rings. The highest BCUT2D eigenvalue weighted by Crippen LogP contribution is 2.52. The van der Waals surface area contributed by atoms with Gasteiger partial charge in [0.2, 0.25) is 0 Å². The van der Waals surface area contributed by atoms with Crippen molar-refractivity contribution < 1.29 is 9.84 Å². The van der Waals surface area contributed by atoms with Crippen LogP contribution in [0.15, 0.2) is 29.3 Å². The Morgan fingerprint density at radius 3 is 3.09 bits per heavy atom. The van der Waals surface area contributed by atoms with Gasteiger partial charge in [-0.3, -0.25) is 9.89 Å². The fourth-order valence-corrected chi connectivity index (χ4v) is 5.10. The fraction of sp³-hybridized carbons (Fsp3) is 0.632. The van der Waals surface area contributed by atoms with Crippen molar-refractivity contribution >= 4 is 11.4 Å². The SMILES string of the molecule is CC[C@@]12CCC3=Nc4ccccc4[C@]3(O)CCN(C[C@H]3O[C@H]31)C2. The van der Waals surface area contributed by atoms with Gasteiger partial charge in [0.15, 0.2) is 0 Å². The molecule has 0 saturated carbocycles. The molecule has 3 saturated heterocycles. The van der Waals surface area contributed by atoms with E-state index in [1.165, 1.54) is 0 Å². The largest absolute Gasteiger partial charge is 0.379 e. The van der Waals surface area contributed by atoms with Gasteiger partial charge in [-0.25, -0.2) is 0 Å². The predicted molar refractivity (Wildman–Crippen MR) is 89.1 cm³/mol. The molecule has 1 N–H and O–H groups in total. The molecule has 4 aliphatic rings. The van der Waals surface area contributed by atoms with E-state index in [4.69, 9.17) is 9.73 Å². The Morgan fingerprint density at radius 2 is 2.22 bits per heavy atom. The molecule has 0 radical (unpaired) electrons. The van der Waals surface area contributed by atoms with Crippen molar-refractivity contribution in [3.63, 3.8) is 0 Å². The van der Waals surface area contributed by atoms with Crippen molar-refractivity contribution in [2.45, 2.75) is 50.4 Å². The van der Waals surface area contributed by atoms with Crippen LogP contribution in [0.1, 0.15) is 38.2 Å². The van der Waals surface area contributed by atoms with Crippen molar-refractivity contribution in [3.05, 3.63) is 29.8 Å². The molecule has 0 amide bonds. The predicted octanol–water partition coefficient (Wildman–Crippen LogP) is 2.62. The first-order valence-corrected chi connectivity index (χ1v) is 8.92. The summed E-state index contributed by atoms with van der Waals surface area (Å²) < 4.78 is 5.99. The molecule has 2 bridgehead atoms. The van der Waals surface area contributed by atoms with Gasteiger partial charge in [0.05, 0.1) is 23.6 Å². The molecule has 122 valence electrons. The summed E-state index contributed by atoms with van der Waals surface area (Å²) in [7, 11) is 0. The summed E-state index contributed by atoms with van der Waals surface area (Å²) >= 11 is 0. The standard InChI is InChI=1S/C19H24N2O2/c1-2-18-8-7-16-19(22,13-5-3-4-6-14(13)20-16)9-10-21(12-18)11-15-17(18)23-15/h3-6,15,17,22H,2,7-12H2,1H3/t15-,17-,18+,19-/m1/s1. The lowest BCUT2D eigenvalue weighted by atomic mass is 9.73. The topological polar surface area (TPSA) is 48.4 Å². The number of rotatable bonds is 1. The Bertz CT molecular complexity index is 688. The van der Waals surface area contributed by atoms with Gasteiger partial charge >= 0.3 is 0 Å². The third-order valence-electron chi connectivity index (χ3n) is 6.60. The molecule has 0 spiro atoms. The summed E-state index contributed by atoms with van der Waals surface area (Å²) in [6.07, 6.45) is 4.67. The van der Waals surface area contributed by atoms with Gasteiger partial charge in [-0.15, -0.1) is 0 Å². The Hall–Kier alpha value is -1.23. The molecule has 4 heteroatoms. The fourth-order valence-electron chi connectivity index (χ4n) is 5.10. The number of hydrogen-bond donors (Lipinski definition) is 1. The molecule has 23 heavy (non-hydrogen) atoms. The molecule has 4 nitrogen and oxygen atoms in total. The summed E-state index contributed by atoms with van der Waals surface area (Å²) in [6.45, 7) is 5.34. The number of ether oxygens (including phenoxy) is 1. The van der Waals surface area contributed by atoms with Crippen molar-refractivity contribution in [1.29, 1.82) is 0 Å². The van der Waals surface area contributed by atoms with E-state index < -0.39 is 5.60 Å². The van der Waals surface area contributed by atoms with E-state index in [-0.39, 0.29) is 5.41 Å².